The van der Waals surface area contributed by atoms with Crippen LogP contribution in [0, 0.1) is 0 Å². The smallest absolute Gasteiger partial charge is 0.335 e. The molecule has 0 aliphatic rings. The van der Waals surface area contributed by atoms with Crippen LogP contribution in [-0.2, 0) is 6.61 Å². The van der Waals surface area contributed by atoms with Crippen molar-refractivity contribution in [1.29, 1.82) is 0 Å². The summed E-state index contributed by atoms with van der Waals surface area (Å²) in [4.78, 5) is 14.9. The summed E-state index contributed by atoms with van der Waals surface area (Å²) in [6.45, 7) is 0.323. The van der Waals surface area contributed by atoms with Crippen LogP contribution in [0.4, 0.5) is 0 Å². The van der Waals surface area contributed by atoms with E-state index >= 15 is 0 Å². The molecule has 0 atom stereocenters. The Morgan fingerprint density at radius 2 is 2.12 bits per heavy atom. The number of pyridine rings is 1. The van der Waals surface area contributed by atoms with Gasteiger partial charge in [-0.3, -0.25) is 4.98 Å². The number of rotatable bonds is 4. The Morgan fingerprint density at radius 1 is 1.24 bits per heavy atom. The highest BCUT2D eigenvalue weighted by atomic mass is 16.5. The number of hydrogen-bond donors (Lipinski definition) is 1. The fourth-order valence-electron chi connectivity index (χ4n) is 1.36. The Bertz CT molecular complexity index is 511. The zero-order valence-electron chi connectivity index (χ0n) is 9.04. The van der Waals surface area contributed by atoms with Crippen molar-refractivity contribution in [3.05, 3.63) is 59.9 Å². The van der Waals surface area contributed by atoms with E-state index in [4.69, 9.17) is 9.84 Å². The van der Waals surface area contributed by atoms with Crippen molar-refractivity contribution in [2.24, 2.45) is 0 Å². The third-order valence-electron chi connectivity index (χ3n) is 2.19. The summed E-state index contributed by atoms with van der Waals surface area (Å²) >= 11 is 0. The van der Waals surface area contributed by atoms with Crippen molar-refractivity contribution in [2.75, 3.05) is 0 Å². The maximum Gasteiger partial charge on any atom is 0.335 e. The first-order valence-electron chi connectivity index (χ1n) is 5.12. The Labute approximate surface area is 98.5 Å². The maximum atomic E-state index is 10.8. The third-order valence-corrected chi connectivity index (χ3v) is 2.19. The molecule has 2 aromatic rings. The van der Waals surface area contributed by atoms with Gasteiger partial charge in [0.15, 0.2) is 0 Å². The second-order valence-electron chi connectivity index (χ2n) is 3.44. The van der Waals surface area contributed by atoms with Crippen molar-refractivity contribution in [3.63, 3.8) is 0 Å². The molecule has 0 spiro atoms. The standard InChI is InChI=1S/C13H11NO3/c15-13(16)10-4-3-6-12(8-10)17-9-11-5-1-2-7-14-11/h1-8H,9H2,(H,15,16). The first kappa shape index (κ1) is 11.1. The van der Waals surface area contributed by atoms with Gasteiger partial charge < -0.3 is 9.84 Å². The van der Waals surface area contributed by atoms with E-state index in [9.17, 15) is 4.79 Å². The Kier molecular flexibility index (Phi) is 3.35. The molecule has 4 nitrogen and oxygen atoms in total. The molecule has 0 saturated carbocycles. The number of aromatic carboxylic acids is 1. The molecule has 86 valence electrons. The van der Waals surface area contributed by atoms with Gasteiger partial charge in [-0.05, 0) is 30.3 Å². The van der Waals surface area contributed by atoms with E-state index in [1.807, 2.05) is 18.2 Å². The second-order valence-corrected chi connectivity index (χ2v) is 3.44. The molecule has 0 fully saturated rings. The summed E-state index contributed by atoms with van der Waals surface area (Å²) in [5.74, 6) is -0.441. The quantitative estimate of drug-likeness (QED) is 0.874. The van der Waals surface area contributed by atoms with Gasteiger partial charge in [0, 0.05) is 6.20 Å². The average molecular weight is 229 g/mol. The fourth-order valence-corrected chi connectivity index (χ4v) is 1.36. The lowest BCUT2D eigenvalue weighted by Gasteiger charge is -2.05. The van der Waals surface area contributed by atoms with Crippen LogP contribution in [0.5, 0.6) is 5.75 Å². The molecular formula is C13H11NO3. The van der Waals surface area contributed by atoms with Gasteiger partial charge in [0.1, 0.15) is 12.4 Å². The zero-order chi connectivity index (χ0) is 12.1. The first-order valence-corrected chi connectivity index (χ1v) is 5.12. The lowest BCUT2D eigenvalue weighted by molar-refractivity contribution is 0.0696. The molecule has 0 amide bonds. The van der Waals surface area contributed by atoms with Crippen molar-refractivity contribution in [1.82, 2.24) is 4.98 Å². The van der Waals surface area contributed by atoms with Gasteiger partial charge in [0.05, 0.1) is 11.3 Å². The summed E-state index contributed by atoms with van der Waals surface area (Å²) in [6.07, 6.45) is 1.69. The number of ether oxygens (including phenoxy) is 1. The summed E-state index contributed by atoms with van der Waals surface area (Å²) in [7, 11) is 0. The molecule has 0 bridgehead atoms. The van der Waals surface area contributed by atoms with E-state index in [0.717, 1.165) is 5.69 Å². The van der Waals surface area contributed by atoms with Crippen LogP contribution in [0.2, 0.25) is 0 Å². The highest BCUT2D eigenvalue weighted by Gasteiger charge is 2.03. The lowest BCUT2D eigenvalue weighted by Crippen LogP contribution is -2.00. The molecule has 0 saturated heterocycles. The van der Waals surface area contributed by atoms with Crippen LogP contribution in [0.3, 0.4) is 0 Å². The fraction of sp³-hybridized carbons (Fsp3) is 0.0769. The summed E-state index contributed by atoms with van der Waals surface area (Å²) in [6, 6.07) is 11.9. The van der Waals surface area contributed by atoms with Crippen molar-refractivity contribution in [3.8, 4) is 5.75 Å². The highest BCUT2D eigenvalue weighted by molar-refractivity contribution is 5.87. The number of carboxylic acids is 1. The molecule has 0 unspecified atom stereocenters. The predicted molar refractivity (Wildman–Crippen MR) is 62.0 cm³/mol. The van der Waals surface area contributed by atoms with Crippen molar-refractivity contribution < 1.29 is 14.6 Å². The van der Waals surface area contributed by atoms with E-state index in [2.05, 4.69) is 4.98 Å². The van der Waals surface area contributed by atoms with Gasteiger partial charge in [-0.15, -0.1) is 0 Å². The van der Waals surface area contributed by atoms with Gasteiger partial charge in [-0.2, -0.15) is 0 Å². The van der Waals surface area contributed by atoms with Gasteiger partial charge in [-0.25, -0.2) is 4.79 Å². The molecule has 1 N–H and O–H groups in total. The molecule has 2 rings (SSSR count). The SMILES string of the molecule is O=C(O)c1cccc(OCc2ccccn2)c1. The lowest BCUT2D eigenvalue weighted by atomic mass is 10.2. The average Bonchev–Trinajstić information content (AvgIpc) is 2.38. The minimum Gasteiger partial charge on any atom is -0.487 e. The minimum atomic E-state index is -0.965. The molecule has 1 aromatic carbocycles. The molecule has 0 aliphatic carbocycles. The first-order chi connectivity index (χ1) is 8.25. The molecule has 0 aliphatic heterocycles. The van der Waals surface area contributed by atoms with Crippen LogP contribution < -0.4 is 4.74 Å². The van der Waals surface area contributed by atoms with Crippen molar-refractivity contribution >= 4 is 5.97 Å². The van der Waals surface area contributed by atoms with E-state index in [1.54, 1.807) is 18.3 Å². The van der Waals surface area contributed by atoms with E-state index < -0.39 is 5.97 Å². The Hall–Kier alpha value is -2.36. The van der Waals surface area contributed by atoms with Gasteiger partial charge in [-0.1, -0.05) is 12.1 Å². The molecule has 1 heterocycles. The number of carboxylic acid groups (broad SMARTS) is 1. The minimum absolute atomic E-state index is 0.212. The largest absolute Gasteiger partial charge is 0.487 e. The maximum absolute atomic E-state index is 10.8. The van der Waals surface area contributed by atoms with Crippen LogP contribution >= 0.6 is 0 Å². The normalized spacial score (nSPS) is 9.88. The van der Waals surface area contributed by atoms with Gasteiger partial charge in [0.2, 0.25) is 0 Å². The number of carbonyl (C=O) groups is 1. The van der Waals surface area contributed by atoms with Crippen LogP contribution in [0.25, 0.3) is 0 Å². The number of hydrogen-bond acceptors (Lipinski definition) is 3. The number of benzene rings is 1. The Balaban J connectivity index is 2.04. The predicted octanol–water partition coefficient (Wildman–Crippen LogP) is 2.36. The highest BCUT2D eigenvalue weighted by Crippen LogP contribution is 2.14. The summed E-state index contributed by atoms with van der Waals surface area (Å²) in [5, 5.41) is 8.83. The second kappa shape index (κ2) is 5.12. The van der Waals surface area contributed by atoms with E-state index in [-0.39, 0.29) is 5.56 Å². The van der Waals surface area contributed by atoms with Crippen molar-refractivity contribution in [2.45, 2.75) is 6.61 Å². The van der Waals surface area contributed by atoms with Gasteiger partial charge >= 0.3 is 5.97 Å². The number of aromatic nitrogens is 1. The summed E-state index contributed by atoms with van der Waals surface area (Å²) < 4.78 is 5.46. The molecule has 0 radical (unpaired) electrons. The summed E-state index contributed by atoms with van der Waals surface area (Å²) in [5.41, 5.74) is 1.01. The monoisotopic (exact) mass is 229 g/mol. The van der Waals surface area contributed by atoms with E-state index in [1.165, 1.54) is 12.1 Å². The molecule has 4 heteroatoms. The zero-order valence-corrected chi connectivity index (χ0v) is 9.04. The molecule has 17 heavy (non-hydrogen) atoms. The van der Waals surface area contributed by atoms with Crippen LogP contribution in [-0.4, -0.2) is 16.1 Å². The van der Waals surface area contributed by atoms with Crippen LogP contribution in [0.1, 0.15) is 16.1 Å². The number of nitrogens with zero attached hydrogens (tertiary/aromatic N) is 1. The van der Waals surface area contributed by atoms with Gasteiger partial charge in [0.25, 0.3) is 0 Å². The molecular weight excluding hydrogens is 218 g/mol. The van der Waals surface area contributed by atoms with Crippen LogP contribution in [0.15, 0.2) is 48.7 Å². The Morgan fingerprint density at radius 3 is 2.82 bits per heavy atom. The van der Waals surface area contributed by atoms with E-state index in [0.29, 0.717) is 12.4 Å². The molecule has 1 aromatic heterocycles. The third kappa shape index (κ3) is 3.04. The topological polar surface area (TPSA) is 59.4 Å².